The summed E-state index contributed by atoms with van der Waals surface area (Å²) in [7, 11) is 1.70. The maximum Gasteiger partial charge on any atom is 0.230 e. The van der Waals surface area contributed by atoms with Crippen LogP contribution in [0, 0.1) is 5.92 Å². The number of thioether (sulfide) groups is 1. The van der Waals surface area contributed by atoms with E-state index < -0.39 is 0 Å². The van der Waals surface area contributed by atoms with Gasteiger partial charge in [-0.25, -0.2) is 0 Å². The van der Waals surface area contributed by atoms with Gasteiger partial charge in [0, 0.05) is 31.6 Å². The van der Waals surface area contributed by atoms with Crippen LogP contribution in [0.15, 0.2) is 29.2 Å². The number of methoxy groups -OCH3 is 1. The second kappa shape index (κ2) is 9.07. The summed E-state index contributed by atoms with van der Waals surface area (Å²) in [6.45, 7) is 3.24. The number of rotatable bonds is 10. The van der Waals surface area contributed by atoms with E-state index in [9.17, 15) is 4.79 Å². The van der Waals surface area contributed by atoms with E-state index in [1.807, 2.05) is 6.07 Å². The minimum Gasteiger partial charge on any atom is -0.383 e. The third-order valence-corrected chi connectivity index (χ3v) is 4.36. The highest BCUT2D eigenvalue weighted by Crippen LogP contribution is 2.27. The van der Waals surface area contributed by atoms with Gasteiger partial charge in [0.2, 0.25) is 5.91 Å². The molecule has 0 saturated heterocycles. The summed E-state index contributed by atoms with van der Waals surface area (Å²) in [5.74, 6) is 1.36. The summed E-state index contributed by atoms with van der Waals surface area (Å²) < 4.78 is 5.00. The summed E-state index contributed by atoms with van der Waals surface area (Å²) in [6.07, 6.45) is 2.54. The van der Waals surface area contributed by atoms with Gasteiger partial charge < -0.3 is 15.4 Å². The monoisotopic (exact) mass is 308 g/mol. The molecule has 1 saturated carbocycles. The molecule has 0 aromatic heterocycles. The zero-order valence-corrected chi connectivity index (χ0v) is 13.4. The predicted molar refractivity (Wildman–Crippen MR) is 86.5 cm³/mol. The van der Waals surface area contributed by atoms with Crippen LogP contribution < -0.4 is 10.6 Å². The second-order valence-electron chi connectivity index (χ2n) is 5.35. The van der Waals surface area contributed by atoms with Crippen molar-refractivity contribution in [2.24, 2.45) is 5.92 Å². The Balaban J connectivity index is 1.68. The zero-order chi connectivity index (χ0) is 14.9. The maximum atomic E-state index is 11.7. The number of nitrogens with one attached hydrogen (secondary N) is 2. The normalized spacial score (nSPS) is 14.1. The Labute approximate surface area is 131 Å². The number of carbonyl (C=O) groups excluding carboxylic acids is 1. The Hall–Kier alpha value is -1.04. The van der Waals surface area contributed by atoms with Crippen molar-refractivity contribution in [2.75, 3.05) is 32.6 Å². The lowest BCUT2D eigenvalue weighted by Gasteiger charge is -2.07. The molecule has 0 spiro atoms. The molecule has 0 bridgehead atoms. The molecule has 1 fully saturated rings. The van der Waals surface area contributed by atoms with E-state index in [1.165, 1.54) is 18.4 Å². The Kier molecular flexibility index (Phi) is 7.06. The van der Waals surface area contributed by atoms with Crippen molar-refractivity contribution >= 4 is 17.7 Å². The molecule has 1 aromatic rings. The number of carbonyl (C=O) groups is 1. The molecule has 0 unspecified atom stereocenters. The highest BCUT2D eigenvalue weighted by atomic mass is 32.2. The SMILES string of the molecule is COCCNCc1cccc(SCC(=O)NCC2CC2)c1. The van der Waals surface area contributed by atoms with Crippen molar-refractivity contribution in [2.45, 2.75) is 24.3 Å². The van der Waals surface area contributed by atoms with Crippen molar-refractivity contribution < 1.29 is 9.53 Å². The average molecular weight is 308 g/mol. The summed E-state index contributed by atoms with van der Waals surface area (Å²) in [5.41, 5.74) is 1.23. The predicted octanol–water partition coefficient (Wildman–Crippen LogP) is 2.04. The quantitative estimate of drug-likeness (QED) is 0.513. The van der Waals surface area contributed by atoms with Crippen molar-refractivity contribution in [3.63, 3.8) is 0 Å². The fourth-order valence-electron chi connectivity index (χ4n) is 1.93. The summed E-state index contributed by atoms with van der Waals surface area (Å²) >= 11 is 1.59. The minimum absolute atomic E-state index is 0.135. The molecule has 5 heteroatoms. The summed E-state index contributed by atoms with van der Waals surface area (Å²) in [4.78, 5) is 12.9. The molecule has 0 atom stereocenters. The van der Waals surface area contributed by atoms with E-state index in [0.29, 0.717) is 5.75 Å². The van der Waals surface area contributed by atoms with E-state index in [-0.39, 0.29) is 5.91 Å². The molecule has 4 nitrogen and oxygen atoms in total. The molecular formula is C16H24N2O2S. The first kappa shape index (κ1) is 16.3. The first-order valence-electron chi connectivity index (χ1n) is 7.46. The van der Waals surface area contributed by atoms with Crippen molar-refractivity contribution in [1.82, 2.24) is 10.6 Å². The molecule has 2 rings (SSSR count). The van der Waals surface area contributed by atoms with E-state index in [4.69, 9.17) is 4.74 Å². The van der Waals surface area contributed by atoms with Crippen LogP contribution in [0.2, 0.25) is 0 Å². The van der Waals surface area contributed by atoms with Gasteiger partial charge in [0.15, 0.2) is 0 Å². The van der Waals surface area contributed by atoms with Gasteiger partial charge in [-0.3, -0.25) is 4.79 Å². The van der Waals surface area contributed by atoms with Crippen LogP contribution in [0.5, 0.6) is 0 Å². The summed E-state index contributed by atoms with van der Waals surface area (Å²) in [6, 6.07) is 8.32. The third-order valence-electron chi connectivity index (χ3n) is 3.37. The standard InChI is InChI=1S/C16H24N2O2S/c1-20-8-7-17-10-14-3-2-4-15(9-14)21-12-16(19)18-11-13-5-6-13/h2-4,9,13,17H,5-8,10-12H2,1H3,(H,18,19). The van der Waals surface area contributed by atoms with E-state index in [0.717, 1.165) is 37.1 Å². The first-order valence-corrected chi connectivity index (χ1v) is 8.44. The molecule has 2 N–H and O–H groups in total. The minimum atomic E-state index is 0.135. The third kappa shape index (κ3) is 6.98. The van der Waals surface area contributed by atoms with Crippen LogP contribution in [0.4, 0.5) is 0 Å². The molecule has 1 amide bonds. The van der Waals surface area contributed by atoms with Crippen molar-refractivity contribution in [1.29, 1.82) is 0 Å². The zero-order valence-electron chi connectivity index (χ0n) is 12.6. The highest BCUT2D eigenvalue weighted by Gasteiger charge is 2.21. The lowest BCUT2D eigenvalue weighted by atomic mass is 10.2. The van der Waals surface area contributed by atoms with Gasteiger partial charge in [-0.15, -0.1) is 11.8 Å². The number of hydrogen-bond donors (Lipinski definition) is 2. The van der Waals surface area contributed by atoms with Crippen LogP contribution in [-0.2, 0) is 16.1 Å². The van der Waals surface area contributed by atoms with E-state index in [2.05, 4.69) is 28.8 Å². The summed E-state index contributed by atoms with van der Waals surface area (Å²) in [5, 5.41) is 6.31. The second-order valence-corrected chi connectivity index (χ2v) is 6.40. The van der Waals surface area contributed by atoms with Gasteiger partial charge >= 0.3 is 0 Å². The Morgan fingerprint density at radius 2 is 2.29 bits per heavy atom. The number of hydrogen-bond acceptors (Lipinski definition) is 4. The topological polar surface area (TPSA) is 50.4 Å². The van der Waals surface area contributed by atoms with Gasteiger partial charge in [0.05, 0.1) is 12.4 Å². The number of amides is 1. The fourth-order valence-corrected chi connectivity index (χ4v) is 2.74. The van der Waals surface area contributed by atoms with Gasteiger partial charge in [-0.1, -0.05) is 12.1 Å². The Morgan fingerprint density at radius 3 is 3.05 bits per heavy atom. The molecule has 1 aliphatic carbocycles. The van der Waals surface area contributed by atoms with Crippen LogP contribution in [-0.4, -0.2) is 38.5 Å². The fraction of sp³-hybridized carbons (Fsp3) is 0.562. The molecule has 1 aliphatic rings. The van der Waals surface area contributed by atoms with Crippen molar-refractivity contribution in [3.05, 3.63) is 29.8 Å². The lowest BCUT2D eigenvalue weighted by molar-refractivity contribution is -0.118. The van der Waals surface area contributed by atoms with Crippen LogP contribution >= 0.6 is 11.8 Å². The van der Waals surface area contributed by atoms with E-state index in [1.54, 1.807) is 18.9 Å². The lowest BCUT2D eigenvalue weighted by Crippen LogP contribution is -2.27. The van der Waals surface area contributed by atoms with E-state index >= 15 is 0 Å². The highest BCUT2D eigenvalue weighted by molar-refractivity contribution is 8.00. The Morgan fingerprint density at radius 1 is 1.43 bits per heavy atom. The molecule has 21 heavy (non-hydrogen) atoms. The van der Waals surface area contributed by atoms with Crippen LogP contribution in [0.25, 0.3) is 0 Å². The Bertz CT molecular complexity index is 450. The van der Waals surface area contributed by atoms with Gasteiger partial charge in [-0.2, -0.15) is 0 Å². The maximum absolute atomic E-state index is 11.7. The van der Waals surface area contributed by atoms with Gasteiger partial charge in [0.25, 0.3) is 0 Å². The molecule has 1 aromatic carbocycles. The van der Waals surface area contributed by atoms with Crippen molar-refractivity contribution in [3.8, 4) is 0 Å². The molecule has 0 aliphatic heterocycles. The average Bonchev–Trinajstić information content (AvgIpc) is 3.32. The molecule has 116 valence electrons. The van der Waals surface area contributed by atoms with Gasteiger partial charge in [0.1, 0.15) is 0 Å². The van der Waals surface area contributed by atoms with Crippen LogP contribution in [0.3, 0.4) is 0 Å². The molecule has 0 radical (unpaired) electrons. The number of ether oxygens (including phenoxy) is 1. The smallest absolute Gasteiger partial charge is 0.230 e. The molecular weight excluding hydrogens is 284 g/mol. The largest absolute Gasteiger partial charge is 0.383 e. The van der Waals surface area contributed by atoms with Gasteiger partial charge in [-0.05, 0) is 36.5 Å². The number of benzene rings is 1. The first-order chi connectivity index (χ1) is 10.3. The van der Waals surface area contributed by atoms with Crippen LogP contribution in [0.1, 0.15) is 18.4 Å². The molecule has 0 heterocycles.